The summed E-state index contributed by atoms with van der Waals surface area (Å²) in [5.74, 6) is 0. The highest BCUT2D eigenvalue weighted by Crippen LogP contribution is 2.00. The summed E-state index contributed by atoms with van der Waals surface area (Å²) in [5.41, 5.74) is 0. The Morgan fingerprint density at radius 3 is 2.25 bits per heavy atom. The van der Waals surface area contributed by atoms with Crippen molar-refractivity contribution in [2.75, 3.05) is 26.7 Å². The van der Waals surface area contributed by atoms with Gasteiger partial charge in [-0.1, -0.05) is 26.2 Å². The van der Waals surface area contributed by atoms with E-state index in [4.69, 9.17) is 5.11 Å². The fraction of sp³-hybridized carbons (Fsp3) is 1.00. The molecule has 0 saturated heterocycles. The van der Waals surface area contributed by atoms with Crippen LogP contribution in [0.4, 0.5) is 0 Å². The Bertz CT molecular complexity index is 85.9. The molecule has 0 heterocycles. The molecule has 0 atom stereocenters. The van der Waals surface area contributed by atoms with Crippen LogP contribution in [0.25, 0.3) is 0 Å². The SMILES string of the molecule is CCCCCCN(C)CCCO. The first kappa shape index (κ1) is 11.9. The second kappa shape index (κ2) is 9.01. The van der Waals surface area contributed by atoms with Crippen LogP contribution >= 0.6 is 0 Å². The van der Waals surface area contributed by atoms with Crippen molar-refractivity contribution in [1.29, 1.82) is 0 Å². The van der Waals surface area contributed by atoms with Crippen LogP contribution in [-0.2, 0) is 0 Å². The Kier molecular flexibility index (Phi) is 8.95. The first-order valence-corrected chi connectivity index (χ1v) is 5.10. The number of rotatable bonds is 8. The van der Waals surface area contributed by atoms with Crippen LogP contribution in [0.3, 0.4) is 0 Å². The number of unbranched alkanes of at least 4 members (excludes halogenated alkanes) is 3. The summed E-state index contributed by atoms with van der Waals surface area (Å²) in [5, 5.41) is 8.60. The average Bonchev–Trinajstić information content (AvgIpc) is 2.09. The molecule has 0 aliphatic carbocycles. The van der Waals surface area contributed by atoms with Crippen LogP contribution in [0.15, 0.2) is 0 Å². The molecular formula is C10H23NO. The Labute approximate surface area is 76.6 Å². The van der Waals surface area contributed by atoms with Gasteiger partial charge in [-0.3, -0.25) is 0 Å². The zero-order valence-corrected chi connectivity index (χ0v) is 8.55. The smallest absolute Gasteiger partial charge is 0.0443 e. The van der Waals surface area contributed by atoms with Gasteiger partial charge in [0, 0.05) is 13.2 Å². The van der Waals surface area contributed by atoms with Gasteiger partial charge < -0.3 is 10.0 Å². The molecule has 0 aromatic heterocycles. The number of aliphatic hydroxyl groups excluding tert-OH is 1. The molecule has 0 radical (unpaired) electrons. The first-order chi connectivity index (χ1) is 5.81. The Morgan fingerprint density at radius 1 is 1.00 bits per heavy atom. The zero-order chi connectivity index (χ0) is 9.23. The zero-order valence-electron chi connectivity index (χ0n) is 8.55. The van der Waals surface area contributed by atoms with Gasteiger partial charge >= 0.3 is 0 Å². The molecular weight excluding hydrogens is 150 g/mol. The van der Waals surface area contributed by atoms with Crippen molar-refractivity contribution in [3.8, 4) is 0 Å². The molecule has 1 N–H and O–H groups in total. The molecule has 0 aliphatic rings. The quantitative estimate of drug-likeness (QED) is 0.566. The van der Waals surface area contributed by atoms with Crippen molar-refractivity contribution in [2.24, 2.45) is 0 Å². The molecule has 0 aromatic rings. The van der Waals surface area contributed by atoms with E-state index in [-0.39, 0.29) is 0 Å². The standard InChI is InChI=1S/C10H23NO/c1-3-4-5-6-8-11(2)9-7-10-12/h12H,3-10H2,1-2H3. The number of aliphatic hydroxyl groups is 1. The van der Waals surface area contributed by atoms with Crippen molar-refractivity contribution in [1.82, 2.24) is 4.90 Å². The summed E-state index contributed by atoms with van der Waals surface area (Å²) >= 11 is 0. The Morgan fingerprint density at radius 2 is 1.67 bits per heavy atom. The van der Waals surface area contributed by atoms with Gasteiger partial charge in [0.05, 0.1) is 0 Å². The molecule has 0 unspecified atom stereocenters. The van der Waals surface area contributed by atoms with Gasteiger partial charge in [0.25, 0.3) is 0 Å². The minimum atomic E-state index is 0.319. The number of hydrogen-bond acceptors (Lipinski definition) is 2. The third-order valence-electron chi connectivity index (χ3n) is 2.09. The lowest BCUT2D eigenvalue weighted by atomic mass is 10.2. The lowest BCUT2D eigenvalue weighted by Crippen LogP contribution is -2.21. The van der Waals surface area contributed by atoms with Gasteiger partial charge in [-0.2, -0.15) is 0 Å². The molecule has 0 fully saturated rings. The summed E-state index contributed by atoms with van der Waals surface area (Å²) in [6, 6.07) is 0. The minimum absolute atomic E-state index is 0.319. The van der Waals surface area contributed by atoms with E-state index < -0.39 is 0 Å². The van der Waals surface area contributed by atoms with Gasteiger partial charge in [0.2, 0.25) is 0 Å². The lowest BCUT2D eigenvalue weighted by Gasteiger charge is -2.15. The van der Waals surface area contributed by atoms with Crippen LogP contribution < -0.4 is 0 Å². The van der Waals surface area contributed by atoms with Crippen LogP contribution in [-0.4, -0.2) is 36.8 Å². The second-order valence-corrected chi connectivity index (χ2v) is 3.44. The molecule has 0 bridgehead atoms. The van der Waals surface area contributed by atoms with Gasteiger partial charge in [-0.25, -0.2) is 0 Å². The molecule has 2 heteroatoms. The molecule has 0 spiro atoms. The summed E-state index contributed by atoms with van der Waals surface area (Å²) in [6.07, 6.45) is 6.22. The van der Waals surface area contributed by atoms with E-state index >= 15 is 0 Å². The average molecular weight is 173 g/mol. The van der Waals surface area contributed by atoms with E-state index in [1.165, 1.54) is 32.2 Å². The predicted octanol–water partition coefficient (Wildman–Crippen LogP) is 1.88. The maximum absolute atomic E-state index is 8.60. The molecule has 0 saturated carbocycles. The third kappa shape index (κ3) is 8.02. The molecule has 12 heavy (non-hydrogen) atoms. The summed E-state index contributed by atoms with van der Waals surface area (Å²) in [6.45, 7) is 4.76. The fourth-order valence-electron chi connectivity index (χ4n) is 1.26. The van der Waals surface area contributed by atoms with Gasteiger partial charge in [-0.15, -0.1) is 0 Å². The topological polar surface area (TPSA) is 23.5 Å². The summed E-state index contributed by atoms with van der Waals surface area (Å²) < 4.78 is 0. The summed E-state index contributed by atoms with van der Waals surface area (Å²) in [4.78, 5) is 2.30. The van der Waals surface area contributed by atoms with E-state index in [1.807, 2.05) is 0 Å². The predicted molar refractivity (Wildman–Crippen MR) is 53.3 cm³/mol. The maximum atomic E-state index is 8.60. The van der Waals surface area contributed by atoms with Crippen LogP contribution in [0, 0.1) is 0 Å². The van der Waals surface area contributed by atoms with Gasteiger partial charge in [0.1, 0.15) is 0 Å². The Balaban J connectivity index is 3.02. The highest BCUT2D eigenvalue weighted by Gasteiger charge is 1.96. The highest BCUT2D eigenvalue weighted by molar-refractivity contribution is 4.51. The monoisotopic (exact) mass is 173 g/mol. The van der Waals surface area contributed by atoms with E-state index in [0.29, 0.717) is 6.61 Å². The molecule has 2 nitrogen and oxygen atoms in total. The third-order valence-corrected chi connectivity index (χ3v) is 2.09. The highest BCUT2D eigenvalue weighted by atomic mass is 16.3. The van der Waals surface area contributed by atoms with Crippen LogP contribution in [0.2, 0.25) is 0 Å². The van der Waals surface area contributed by atoms with Crippen molar-refractivity contribution in [3.05, 3.63) is 0 Å². The van der Waals surface area contributed by atoms with Crippen molar-refractivity contribution >= 4 is 0 Å². The first-order valence-electron chi connectivity index (χ1n) is 5.10. The molecule has 0 aromatic carbocycles. The maximum Gasteiger partial charge on any atom is 0.0443 e. The van der Waals surface area contributed by atoms with E-state index in [1.54, 1.807) is 0 Å². The number of hydrogen-bond donors (Lipinski definition) is 1. The lowest BCUT2D eigenvalue weighted by molar-refractivity contribution is 0.245. The van der Waals surface area contributed by atoms with Crippen molar-refractivity contribution < 1.29 is 5.11 Å². The van der Waals surface area contributed by atoms with Crippen molar-refractivity contribution in [3.63, 3.8) is 0 Å². The number of nitrogens with zero attached hydrogens (tertiary/aromatic N) is 1. The van der Waals surface area contributed by atoms with Gasteiger partial charge in [-0.05, 0) is 26.4 Å². The van der Waals surface area contributed by atoms with Crippen LogP contribution in [0.1, 0.15) is 39.0 Å². The van der Waals surface area contributed by atoms with E-state index in [9.17, 15) is 0 Å². The minimum Gasteiger partial charge on any atom is -0.396 e. The van der Waals surface area contributed by atoms with Crippen molar-refractivity contribution in [2.45, 2.75) is 39.0 Å². The molecule has 0 aliphatic heterocycles. The Hall–Kier alpha value is -0.0800. The molecule has 0 rings (SSSR count). The normalized spacial score (nSPS) is 11.0. The van der Waals surface area contributed by atoms with E-state index in [2.05, 4.69) is 18.9 Å². The molecule has 0 amide bonds. The summed E-state index contributed by atoms with van der Waals surface area (Å²) in [7, 11) is 2.13. The van der Waals surface area contributed by atoms with Gasteiger partial charge in [0.15, 0.2) is 0 Å². The van der Waals surface area contributed by atoms with E-state index in [0.717, 1.165) is 13.0 Å². The fourth-order valence-corrected chi connectivity index (χ4v) is 1.26. The molecule has 74 valence electrons. The van der Waals surface area contributed by atoms with Crippen LogP contribution in [0.5, 0.6) is 0 Å². The largest absolute Gasteiger partial charge is 0.396 e. The second-order valence-electron chi connectivity index (χ2n) is 3.44.